The summed E-state index contributed by atoms with van der Waals surface area (Å²) in [6.45, 7) is 1.04. The Labute approximate surface area is 149 Å². The zero-order valence-corrected chi connectivity index (χ0v) is 14.7. The maximum absolute atomic E-state index is 12.2. The maximum Gasteiger partial charge on any atom is 0.223 e. The molecular formula is C21H25NO3. The minimum Gasteiger partial charge on any atom is -0.496 e. The lowest BCUT2D eigenvalue weighted by molar-refractivity contribution is -0.122. The zero-order valence-electron chi connectivity index (χ0n) is 14.7. The van der Waals surface area contributed by atoms with Crippen molar-refractivity contribution in [2.24, 2.45) is 0 Å². The maximum atomic E-state index is 12.2. The standard InChI is InChI=1S/C21H25NO3/c1-24-19-11-6-5-10-18(19)21(13-7-14-21)16-22-20(23)12-15-25-17-8-3-2-4-9-17/h2-6,8-11H,7,12-16H2,1H3,(H,22,23). The highest BCUT2D eigenvalue weighted by molar-refractivity contribution is 5.76. The summed E-state index contributed by atoms with van der Waals surface area (Å²) in [6.07, 6.45) is 3.70. The highest BCUT2D eigenvalue weighted by atomic mass is 16.5. The van der Waals surface area contributed by atoms with Gasteiger partial charge < -0.3 is 14.8 Å². The number of hydrogen-bond acceptors (Lipinski definition) is 3. The summed E-state index contributed by atoms with van der Waals surface area (Å²) in [6, 6.07) is 17.7. The van der Waals surface area contributed by atoms with Crippen molar-refractivity contribution in [1.29, 1.82) is 0 Å². The fourth-order valence-corrected chi connectivity index (χ4v) is 3.36. The van der Waals surface area contributed by atoms with Crippen molar-refractivity contribution >= 4 is 5.91 Å². The molecule has 0 spiro atoms. The summed E-state index contributed by atoms with van der Waals surface area (Å²) in [7, 11) is 1.70. The molecule has 25 heavy (non-hydrogen) atoms. The van der Waals surface area contributed by atoms with E-state index in [1.165, 1.54) is 12.0 Å². The Kier molecular flexibility index (Phi) is 5.59. The van der Waals surface area contributed by atoms with Crippen LogP contribution in [0.3, 0.4) is 0 Å². The van der Waals surface area contributed by atoms with Crippen molar-refractivity contribution in [3.05, 3.63) is 60.2 Å². The molecule has 0 heterocycles. The van der Waals surface area contributed by atoms with Gasteiger partial charge in [0.05, 0.1) is 20.1 Å². The number of carbonyl (C=O) groups excluding carboxylic acids is 1. The van der Waals surface area contributed by atoms with Crippen molar-refractivity contribution < 1.29 is 14.3 Å². The van der Waals surface area contributed by atoms with Crippen LogP contribution in [0.5, 0.6) is 11.5 Å². The van der Waals surface area contributed by atoms with Gasteiger partial charge in [-0.15, -0.1) is 0 Å². The SMILES string of the molecule is COc1ccccc1C1(CNC(=O)CCOc2ccccc2)CCC1. The first-order valence-corrected chi connectivity index (χ1v) is 8.82. The quantitative estimate of drug-likeness (QED) is 0.798. The summed E-state index contributed by atoms with van der Waals surface area (Å²) >= 11 is 0. The summed E-state index contributed by atoms with van der Waals surface area (Å²) in [5.41, 5.74) is 1.20. The lowest BCUT2D eigenvalue weighted by atomic mass is 9.64. The van der Waals surface area contributed by atoms with E-state index >= 15 is 0 Å². The fourth-order valence-electron chi connectivity index (χ4n) is 3.36. The van der Waals surface area contributed by atoms with Crippen molar-refractivity contribution in [3.8, 4) is 11.5 Å². The number of para-hydroxylation sites is 2. The van der Waals surface area contributed by atoms with Gasteiger partial charge in [0.25, 0.3) is 0 Å². The minimum absolute atomic E-state index is 0.00253. The average Bonchev–Trinajstić information content (AvgIpc) is 2.62. The number of ether oxygens (including phenoxy) is 2. The molecule has 0 unspecified atom stereocenters. The van der Waals surface area contributed by atoms with Crippen molar-refractivity contribution in [2.45, 2.75) is 31.1 Å². The summed E-state index contributed by atoms with van der Waals surface area (Å²) in [5.74, 6) is 1.72. The van der Waals surface area contributed by atoms with E-state index in [1.54, 1.807) is 7.11 Å². The largest absolute Gasteiger partial charge is 0.496 e. The first-order chi connectivity index (χ1) is 12.2. The molecule has 1 fully saturated rings. The lowest BCUT2D eigenvalue weighted by Gasteiger charge is -2.43. The number of benzene rings is 2. The number of rotatable bonds is 8. The summed E-state index contributed by atoms with van der Waals surface area (Å²) in [4.78, 5) is 12.2. The van der Waals surface area contributed by atoms with Gasteiger partial charge in [-0.25, -0.2) is 0 Å². The van der Waals surface area contributed by atoms with E-state index in [0.717, 1.165) is 24.3 Å². The Balaban J connectivity index is 1.52. The number of amides is 1. The molecule has 0 saturated heterocycles. The van der Waals surface area contributed by atoms with E-state index in [4.69, 9.17) is 9.47 Å². The van der Waals surface area contributed by atoms with E-state index in [0.29, 0.717) is 19.6 Å². The van der Waals surface area contributed by atoms with Gasteiger partial charge in [0.2, 0.25) is 5.91 Å². The highest BCUT2D eigenvalue weighted by Gasteiger charge is 2.40. The molecule has 1 saturated carbocycles. The van der Waals surface area contributed by atoms with Gasteiger partial charge in [0.1, 0.15) is 11.5 Å². The van der Waals surface area contributed by atoms with Crippen LogP contribution in [0.2, 0.25) is 0 Å². The van der Waals surface area contributed by atoms with Gasteiger partial charge in [-0.05, 0) is 31.0 Å². The molecule has 0 bridgehead atoms. The molecule has 1 amide bonds. The molecule has 4 nitrogen and oxygen atoms in total. The van der Waals surface area contributed by atoms with E-state index in [-0.39, 0.29) is 11.3 Å². The predicted molar refractivity (Wildman–Crippen MR) is 98.1 cm³/mol. The van der Waals surface area contributed by atoms with Gasteiger partial charge in [-0.2, -0.15) is 0 Å². The average molecular weight is 339 g/mol. The van der Waals surface area contributed by atoms with Crippen LogP contribution < -0.4 is 14.8 Å². The predicted octanol–water partition coefficient (Wildman–Crippen LogP) is 3.70. The molecule has 2 aromatic carbocycles. The summed E-state index contributed by atoms with van der Waals surface area (Å²) < 4.78 is 11.1. The van der Waals surface area contributed by atoms with Gasteiger partial charge in [0.15, 0.2) is 0 Å². The third-order valence-electron chi connectivity index (χ3n) is 4.95. The van der Waals surface area contributed by atoms with Crippen LogP contribution >= 0.6 is 0 Å². The molecule has 3 rings (SSSR count). The van der Waals surface area contributed by atoms with Gasteiger partial charge >= 0.3 is 0 Å². The molecule has 0 aliphatic heterocycles. The van der Waals surface area contributed by atoms with Crippen LogP contribution in [0.4, 0.5) is 0 Å². The smallest absolute Gasteiger partial charge is 0.223 e. The Morgan fingerprint density at radius 2 is 1.80 bits per heavy atom. The number of carbonyl (C=O) groups is 1. The molecule has 1 aliphatic carbocycles. The first-order valence-electron chi connectivity index (χ1n) is 8.82. The van der Waals surface area contributed by atoms with Gasteiger partial charge in [-0.3, -0.25) is 4.79 Å². The first kappa shape index (κ1) is 17.3. The van der Waals surface area contributed by atoms with Crippen LogP contribution in [-0.4, -0.2) is 26.2 Å². The second-order valence-electron chi connectivity index (χ2n) is 6.52. The van der Waals surface area contributed by atoms with Gasteiger partial charge in [0, 0.05) is 17.5 Å². The van der Waals surface area contributed by atoms with Crippen molar-refractivity contribution in [2.75, 3.05) is 20.3 Å². The molecule has 132 valence electrons. The monoisotopic (exact) mass is 339 g/mol. The van der Waals surface area contributed by atoms with Crippen LogP contribution in [0, 0.1) is 0 Å². The molecule has 0 atom stereocenters. The fraction of sp³-hybridized carbons (Fsp3) is 0.381. The zero-order chi connectivity index (χ0) is 17.5. The third kappa shape index (κ3) is 4.13. The van der Waals surface area contributed by atoms with Crippen molar-refractivity contribution in [3.63, 3.8) is 0 Å². The van der Waals surface area contributed by atoms with Crippen LogP contribution in [-0.2, 0) is 10.2 Å². The highest BCUT2D eigenvalue weighted by Crippen LogP contribution is 2.46. The topological polar surface area (TPSA) is 47.6 Å². The Morgan fingerprint density at radius 3 is 2.48 bits per heavy atom. The lowest BCUT2D eigenvalue weighted by Crippen LogP contribution is -2.46. The van der Waals surface area contributed by atoms with Crippen LogP contribution in [0.25, 0.3) is 0 Å². The molecule has 0 radical (unpaired) electrons. The normalized spacial score (nSPS) is 15.1. The van der Waals surface area contributed by atoms with E-state index in [9.17, 15) is 4.79 Å². The molecule has 2 aromatic rings. The van der Waals surface area contributed by atoms with Crippen molar-refractivity contribution in [1.82, 2.24) is 5.32 Å². The second kappa shape index (κ2) is 8.06. The van der Waals surface area contributed by atoms with E-state index < -0.39 is 0 Å². The van der Waals surface area contributed by atoms with E-state index in [1.807, 2.05) is 48.5 Å². The number of nitrogens with one attached hydrogen (secondary N) is 1. The van der Waals surface area contributed by atoms with E-state index in [2.05, 4.69) is 11.4 Å². The molecule has 1 aliphatic rings. The molecule has 4 heteroatoms. The molecular weight excluding hydrogens is 314 g/mol. The van der Waals surface area contributed by atoms with Crippen LogP contribution in [0.1, 0.15) is 31.2 Å². The summed E-state index contributed by atoms with van der Waals surface area (Å²) in [5, 5.41) is 3.09. The Bertz CT molecular complexity index is 695. The second-order valence-corrected chi connectivity index (χ2v) is 6.52. The Hall–Kier alpha value is -2.49. The number of methoxy groups -OCH3 is 1. The number of hydrogen-bond donors (Lipinski definition) is 1. The molecule has 0 aromatic heterocycles. The van der Waals surface area contributed by atoms with Crippen LogP contribution in [0.15, 0.2) is 54.6 Å². The minimum atomic E-state index is 0.00253. The molecule has 1 N–H and O–H groups in total. The van der Waals surface area contributed by atoms with Gasteiger partial charge in [-0.1, -0.05) is 42.8 Å². The Morgan fingerprint density at radius 1 is 1.08 bits per heavy atom. The third-order valence-corrected chi connectivity index (χ3v) is 4.95.